The average molecular weight is 301 g/mol. The van der Waals surface area contributed by atoms with Crippen LogP contribution in [0.15, 0.2) is 24.3 Å². The van der Waals surface area contributed by atoms with Crippen molar-refractivity contribution in [2.75, 3.05) is 26.7 Å². The number of carbonyl (C=O) groups excluding carboxylic acids is 2. The Morgan fingerprint density at radius 2 is 1.65 bits per heavy atom. The lowest BCUT2D eigenvalue weighted by molar-refractivity contribution is -0.158. The quantitative estimate of drug-likeness (QED) is 0.436. The molecule has 20 heavy (non-hydrogen) atoms. The number of halogens is 1. The lowest BCUT2D eigenvalue weighted by Gasteiger charge is -2.12. The molecule has 0 aromatic heterocycles. The molecule has 5 nitrogen and oxygen atoms in total. The summed E-state index contributed by atoms with van der Waals surface area (Å²) >= 11 is 5.53. The third-order valence-corrected chi connectivity index (χ3v) is 2.83. The number of benzene rings is 1. The van der Waals surface area contributed by atoms with Crippen molar-refractivity contribution < 1.29 is 23.8 Å². The zero-order chi connectivity index (χ0) is 15.0. The molecule has 0 aliphatic carbocycles. The van der Waals surface area contributed by atoms with Gasteiger partial charge in [-0.05, 0) is 24.1 Å². The first-order valence-corrected chi connectivity index (χ1v) is 6.59. The number of hydrogen-bond donors (Lipinski definition) is 0. The van der Waals surface area contributed by atoms with Gasteiger partial charge in [-0.2, -0.15) is 0 Å². The predicted octanol–water partition coefficient (Wildman–Crippen LogP) is 1.81. The van der Waals surface area contributed by atoms with E-state index in [0.29, 0.717) is 18.2 Å². The van der Waals surface area contributed by atoms with E-state index in [1.165, 1.54) is 14.2 Å². The Labute approximate surface area is 122 Å². The molecule has 0 saturated carbocycles. The van der Waals surface area contributed by atoms with Crippen molar-refractivity contribution in [1.82, 2.24) is 0 Å². The summed E-state index contributed by atoms with van der Waals surface area (Å²) in [6, 6.07) is 7.08. The molecule has 0 unspecified atom stereocenters. The van der Waals surface area contributed by atoms with Crippen LogP contribution in [0.5, 0.6) is 5.75 Å². The second-order valence-corrected chi connectivity index (χ2v) is 4.36. The van der Waals surface area contributed by atoms with Crippen molar-refractivity contribution in [3.05, 3.63) is 29.8 Å². The smallest absolute Gasteiger partial charge is 0.320 e. The third kappa shape index (κ3) is 4.74. The Morgan fingerprint density at radius 3 is 2.10 bits per heavy atom. The van der Waals surface area contributed by atoms with Crippen molar-refractivity contribution in [3.63, 3.8) is 0 Å². The molecule has 0 amide bonds. The summed E-state index contributed by atoms with van der Waals surface area (Å²) in [5, 5.41) is 0. The Morgan fingerprint density at radius 1 is 1.10 bits per heavy atom. The lowest BCUT2D eigenvalue weighted by atomic mass is 9.99. The minimum Gasteiger partial charge on any atom is -0.492 e. The van der Waals surface area contributed by atoms with Crippen LogP contribution in [-0.4, -0.2) is 38.6 Å². The fraction of sp³-hybridized carbons (Fsp3) is 0.429. The Bertz CT molecular complexity index is 427. The van der Waals surface area contributed by atoms with E-state index < -0.39 is 17.9 Å². The van der Waals surface area contributed by atoms with Gasteiger partial charge in [0, 0.05) is 0 Å². The zero-order valence-corrected chi connectivity index (χ0v) is 12.2. The van der Waals surface area contributed by atoms with Crippen LogP contribution >= 0.6 is 11.6 Å². The number of methoxy groups -OCH3 is 2. The van der Waals surface area contributed by atoms with E-state index >= 15 is 0 Å². The first-order chi connectivity index (χ1) is 9.62. The maximum absolute atomic E-state index is 11.6. The second kappa shape index (κ2) is 8.43. The topological polar surface area (TPSA) is 61.8 Å². The summed E-state index contributed by atoms with van der Waals surface area (Å²) < 4.78 is 14.5. The van der Waals surface area contributed by atoms with E-state index in [-0.39, 0.29) is 6.42 Å². The molecule has 0 atom stereocenters. The minimum atomic E-state index is -0.959. The fourth-order valence-electron chi connectivity index (χ4n) is 1.66. The second-order valence-electron chi connectivity index (χ2n) is 3.98. The van der Waals surface area contributed by atoms with E-state index in [4.69, 9.17) is 16.3 Å². The minimum absolute atomic E-state index is 0.217. The summed E-state index contributed by atoms with van der Waals surface area (Å²) in [4.78, 5) is 23.1. The summed E-state index contributed by atoms with van der Waals surface area (Å²) in [5.41, 5.74) is 0.809. The van der Waals surface area contributed by atoms with Gasteiger partial charge in [-0.25, -0.2) is 0 Å². The summed E-state index contributed by atoms with van der Waals surface area (Å²) in [6.45, 7) is 0.424. The first-order valence-electron chi connectivity index (χ1n) is 6.05. The van der Waals surface area contributed by atoms with E-state index in [1.54, 1.807) is 24.3 Å². The Kier molecular flexibility index (Phi) is 6.87. The van der Waals surface area contributed by atoms with Gasteiger partial charge in [-0.3, -0.25) is 9.59 Å². The van der Waals surface area contributed by atoms with Crippen LogP contribution in [-0.2, 0) is 25.5 Å². The molecule has 0 aliphatic heterocycles. The number of rotatable bonds is 7. The number of esters is 2. The molecule has 0 N–H and O–H groups in total. The fourth-order valence-corrected chi connectivity index (χ4v) is 1.74. The standard InChI is InChI=1S/C14H17ClO5/c1-18-13(16)12(14(17)19-2)9-10-3-5-11(6-4-10)20-8-7-15/h3-6,12H,7-9H2,1-2H3. The predicted molar refractivity (Wildman–Crippen MR) is 73.9 cm³/mol. The molecule has 0 heterocycles. The van der Waals surface area contributed by atoms with Crippen molar-refractivity contribution in [1.29, 1.82) is 0 Å². The highest BCUT2D eigenvalue weighted by Gasteiger charge is 2.28. The van der Waals surface area contributed by atoms with Gasteiger partial charge in [-0.1, -0.05) is 12.1 Å². The number of ether oxygens (including phenoxy) is 3. The molecular formula is C14H17ClO5. The monoisotopic (exact) mass is 300 g/mol. The molecule has 0 aliphatic rings. The normalized spacial score (nSPS) is 10.2. The molecule has 1 aromatic rings. The van der Waals surface area contributed by atoms with Gasteiger partial charge in [0.15, 0.2) is 5.92 Å². The van der Waals surface area contributed by atoms with E-state index in [2.05, 4.69) is 9.47 Å². The number of alkyl halides is 1. The van der Waals surface area contributed by atoms with Gasteiger partial charge in [0.05, 0.1) is 20.1 Å². The van der Waals surface area contributed by atoms with Crippen LogP contribution in [0, 0.1) is 5.92 Å². The van der Waals surface area contributed by atoms with Crippen molar-refractivity contribution in [2.24, 2.45) is 5.92 Å². The average Bonchev–Trinajstić information content (AvgIpc) is 2.50. The molecule has 0 fully saturated rings. The number of hydrogen-bond acceptors (Lipinski definition) is 5. The molecule has 0 spiro atoms. The molecule has 1 aromatic carbocycles. The van der Waals surface area contributed by atoms with Crippen LogP contribution in [0.3, 0.4) is 0 Å². The SMILES string of the molecule is COC(=O)C(Cc1ccc(OCCCl)cc1)C(=O)OC. The third-order valence-electron chi connectivity index (χ3n) is 2.68. The summed E-state index contributed by atoms with van der Waals surface area (Å²) in [5.74, 6) is -1.09. The lowest BCUT2D eigenvalue weighted by Crippen LogP contribution is -2.28. The van der Waals surface area contributed by atoms with Crippen LogP contribution in [0.2, 0.25) is 0 Å². The van der Waals surface area contributed by atoms with Crippen molar-refractivity contribution in [2.45, 2.75) is 6.42 Å². The molecule has 0 saturated heterocycles. The highest BCUT2D eigenvalue weighted by atomic mass is 35.5. The van der Waals surface area contributed by atoms with E-state index in [0.717, 1.165) is 5.56 Å². The Hall–Kier alpha value is -1.75. The van der Waals surface area contributed by atoms with Crippen LogP contribution in [0.4, 0.5) is 0 Å². The van der Waals surface area contributed by atoms with Gasteiger partial charge in [0.1, 0.15) is 12.4 Å². The first kappa shape index (κ1) is 16.3. The van der Waals surface area contributed by atoms with Gasteiger partial charge < -0.3 is 14.2 Å². The van der Waals surface area contributed by atoms with Gasteiger partial charge in [-0.15, -0.1) is 11.6 Å². The van der Waals surface area contributed by atoms with Crippen LogP contribution in [0.25, 0.3) is 0 Å². The van der Waals surface area contributed by atoms with E-state index in [9.17, 15) is 9.59 Å². The highest BCUT2D eigenvalue weighted by molar-refractivity contribution is 6.18. The molecule has 110 valence electrons. The summed E-state index contributed by atoms with van der Waals surface area (Å²) in [6.07, 6.45) is 0.217. The van der Waals surface area contributed by atoms with Crippen molar-refractivity contribution in [3.8, 4) is 5.75 Å². The largest absolute Gasteiger partial charge is 0.492 e. The van der Waals surface area contributed by atoms with Crippen LogP contribution < -0.4 is 4.74 Å². The molecule has 6 heteroatoms. The van der Waals surface area contributed by atoms with E-state index in [1.807, 2.05) is 0 Å². The van der Waals surface area contributed by atoms with Crippen molar-refractivity contribution >= 4 is 23.5 Å². The van der Waals surface area contributed by atoms with Gasteiger partial charge >= 0.3 is 11.9 Å². The van der Waals surface area contributed by atoms with Gasteiger partial charge in [0.2, 0.25) is 0 Å². The molecular weight excluding hydrogens is 284 g/mol. The number of carbonyl (C=O) groups is 2. The molecule has 0 radical (unpaired) electrons. The maximum atomic E-state index is 11.6. The highest BCUT2D eigenvalue weighted by Crippen LogP contribution is 2.17. The van der Waals surface area contributed by atoms with Gasteiger partial charge in [0.25, 0.3) is 0 Å². The van der Waals surface area contributed by atoms with Crippen LogP contribution in [0.1, 0.15) is 5.56 Å². The maximum Gasteiger partial charge on any atom is 0.320 e. The Balaban J connectivity index is 2.73. The molecule has 0 bridgehead atoms. The molecule has 1 rings (SSSR count). The zero-order valence-electron chi connectivity index (χ0n) is 11.4. The summed E-state index contributed by atoms with van der Waals surface area (Å²) in [7, 11) is 2.47.